The number of nitrogens with zero attached hydrogens (tertiary/aromatic N) is 1. The summed E-state index contributed by atoms with van der Waals surface area (Å²) in [6.45, 7) is 0.282. The van der Waals surface area contributed by atoms with Gasteiger partial charge in [-0.2, -0.15) is 8.78 Å². The Kier molecular flexibility index (Phi) is 6.62. The van der Waals surface area contributed by atoms with Crippen molar-refractivity contribution in [1.29, 1.82) is 0 Å². The maximum atomic E-state index is 12.7. The van der Waals surface area contributed by atoms with Crippen LogP contribution in [0.15, 0.2) is 59.5 Å². The van der Waals surface area contributed by atoms with Gasteiger partial charge in [-0.25, -0.2) is 8.42 Å². The Bertz CT molecular complexity index is 901. The maximum Gasteiger partial charge on any atom is 0.341 e. The van der Waals surface area contributed by atoms with E-state index in [0.29, 0.717) is 0 Å². The van der Waals surface area contributed by atoms with Crippen LogP contribution < -0.4 is 5.73 Å². The van der Waals surface area contributed by atoms with Crippen LogP contribution in [0.25, 0.3) is 0 Å². The van der Waals surface area contributed by atoms with Crippen molar-refractivity contribution in [3.63, 3.8) is 0 Å². The molecular weight excluding hydrogens is 378 g/mol. The Morgan fingerprint density at radius 1 is 1.00 bits per heavy atom. The number of primary amides is 1. The van der Waals surface area contributed by atoms with E-state index in [-0.39, 0.29) is 25.1 Å². The number of amides is 2. The first-order chi connectivity index (χ1) is 12.7. The standard InChI is InChI=1S/C18H18F2N2O4S/c19-18(20)27(25,26)15-8-6-14(7-9-15)17(24)22(11-10-16(21)23)12-13-4-2-1-3-5-13/h1-9,18H,10-12H2,(H2,21,23). The number of halogens is 2. The van der Waals surface area contributed by atoms with Crippen LogP contribution in [-0.2, 0) is 21.2 Å². The van der Waals surface area contributed by atoms with E-state index in [1.807, 2.05) is 18.2 Å². The van der Waals surface area contributed by atoms with Gasteiger partial charge in [-0.05, 0) is 29.8 Å². The number of benzene rings is 2. The molecule has 0 bridgehead atoms. The Balaban J connectivity index is 2.24. The lowest BCUT2D eigenvalue weighted by atomic mass is 10.1. The molecule has 2 aromatic carbocycles. The minimum atomic E-state index is -4.73. The molecule has 0 fully saturated rings. The zero-order chi connectivity index (χ0) is 20.0. The highest BCUT2D eigenvalue weighted by Crippen LogP contribution is 2.19. The first-order valence-electron chi connectivity index (χ1n) is 7.95. The van der Waals surface area contributed by atoms with Gasteiger partial charge in [-0.1, -0.05) is 30.3 Å². The van der Waals surface area contributed by atoms with Gasteiger partial charge in [0.05, 0.1) is 4.90 Å². The van der Waals surface area contributed by atoms with Gasteiger partial charge in [0.15, 0.2) is 0 Å². The summed E-state index contributed by atoms with van der Waals surface area (Å²) < 4.78 is 48.1. The third kappa shape index (κ3) is 5.33. The molecule has 144 valence electrons. The largest absolute Gasteiger partial charge is 0.370 e. The van der Waals surface area contributed by atoms with E-state index >= 15 is 0 Å². The SMILES string of the molecule is NC(=O)CCN(Cc1ccccc1)C(=O)c1ccc(S(=O)(=O)C(F)F)cc1. The van der Waals surface area contributed by atoms with Gasteiger partial charge in [0.1, 0.15) is 0 Å². The number of carbonyl (C=O) groups excluding carboxylic acids is 2. The molecule has 0 aliphatic carbocycles. The zero-order valence-corrected chi connectivity index (χ0v) is 15.0. The summed E-state index contributed by atoms with van der Waals surface area (Å²) in [4.78, 5) is 24.6. The van der Waals surface area contributed by atoms with E-state index in [2.05, 4.69) is 0 Å². The molecule has 0 spiro atoms. The molecule has 9 heteroatoms. The lowest BCUT2D eigenvalue weighted by Gasteiger charge is -2.22. The van der Waals surface area contributed by atoms with Gasteiger partial charge >= 0.3 is 5.76 Å². The summed E-state index contributed by atoms with van der Waals surface area (Å²) in [6, 6.07) is 13.3. The second kappa shape index (κ2) is 8.72. The molecular formula is C18H18F2N2O4S. The van der Waals surface area contributed by atoms with Crippen LogP contribution in [0.4, 0.5) is 8.78 Å². The lowest BCUT2D eigenvalue weighted by Crippen LogP contribution is -2.33. The molecule has 0 atom stereocenters. The Morgan fingerprint density at radius 3 is 2.11 bits per heavy atom. The molecule has 0 saturated heterocycles. The average molecular weight is 396 g/mol. The van der Waals surface area contributed by atoms with Crippen molar-refractivity contribution in [2.45, 2.75) is 23.6 Å². The number of sulfone groups is 1. The number of nitrogens with two attached hydrogens (primary N) is 1. The molecule has 0 aliphatic rings. The topological polar surface area (TPSA) is 97.5 Å². The number of hydrogen-bond acceptors (Lipinski definition) is 4. The normalized spacial score (nSPS) is 11.4. The number of alkyl halides is 2. The predicted octanol–water partition coefficient (Wildman–Crippen LogP) is 2.20. The van der Waals surface area contributed by atoms with Gasteiger partial charge in [0, 0.05) is 25.1 Å². The van der Waals surface area contributed by atoms with Crippen LogP contribution in [0.3, 0.4) is 0 Å². The van der Waals surface area contributed by atoms with Crippen LogP contribution in [0, 0.1) is 0 Å². The molecule has 0 saturated carbocycles. The minimum Gasteiger partial charge on any atom is -0.370 e. The minimum absolute atomic E-state index is 0.0452. The van der Waals surface area contributed by atoms with Crippen LogP contribution in [-0.4, -0.2) is 37.4 Å². The second-order valence-electron chi connectivity index (χ2n) is 5.76. The van der Waals surface area contributed by atoms with Crippen molar-refractivity contribution in [2.24, 2.45) is 5.73 Å². The van der Waals surface area contributed by atoms with Gasteiger partial charge in [0.25, 0.3) is 5.91 Å². The quantitative estimate of drug-likeness (QED) is 0.740. The molecule has 2 aromatic rings. The smallest absolute Gasteiger partial charge is 0.341 e. The Labute approximate surface area is 155 Å². The van der Waals surface area contributed by atoms with E-state index in [1.54, 1.807) is 12.1 Å². The van der Waals surface area contributed by atoms with E-state index < -0.39 is 32.3 Å². The molecule has 2 amide bonds. The van der Waals surface area contributed by atoms with Crippen LogP contribution in [0.5, 0.6) is 0 Å². The highest BCUT2D eigenvalue weighted by Gasteiger charge is 2.27. The first-order valence-corrected chi connectivity index (χ1v) is 9.50. The van der Waals surface area contributed by atoms with Crippen molar-refractivity contribution >= 4 is 21.7 Å². The molecule has 2 rings (SSSR count). The third-order valence-electron chi connectivity index (χ3n) is 3.80. The summed E-state index contributed by atoms with van der Waals surface area (Å²) in [5.74, 6) is -4.58. The van der Waals surface area contributed by atoms with Crippen LogP contribution >= 0.6 is 0 Å². The summed E-state index contributed by atoms with van der Waals surface area (Å²) in [7, 11) is -4.73. The Hall–Kier alpha value is -2.81. The van der Waals surface area contributed by atoms with Gasteiger partial charge in [-0.15, -0.1) is 0 Å². The summed E-state index contributed by atoms with van der Waals surface area (Å²) >= 11 is 0. The van der Waals surface area contributed by atoms with Gasteiger partial charge in [-0.3, -0.25) is 9.59 Å². The fourth-order valence-electron chi connectivity index (χ4n) is 2.37. The average Bonchev–Trinajstić information content (AvgIpc) is 2.65. The Morgan fingerprint density at radius 2 is 1.59 bits per heavy atom. The highest BCUT2D eigenvalue weighted by atomic mass is 32.2. The highest BCUT2D eigenvalue weighted by molar-refractivity contribution is 7.91. The molecule has 0 aliphatic heterocycles. The van der Waals surface area contributed by atoms with Crippen LogP contribution in [0.2, 0.25) is 0 Å². The molecule has 0 radical (unpaired) electrons. The summed E-state index contributed by atoms with van der Waals surface area (Å²) in [6.07, 6.45) is -0.0452. The second-order valence-corrected chi connectivity index (χ2v) is 7.68. The molecule has 6 nitrogen and oxygen atoms in total. The van der Waals surface area contributed by atoms with Crippen molar-refractivity contribution in [3.05, 3.63) is 65.7 Å². The van der Waals surface area contributed by atoms with E-state index in [4.69, 9.17) is 5.73 Å². The van der Waals surface area contributed by atoms with Gasteiger partial charge in [0.2, 0.25) is 15.7 Å². The van der Waals surface area contributed by atoms with Crippen molar-refractivity contribution in [3.8, 4) is 0 Å². The summed E-state index contributed by atoms with van der Waals surface area (Å²) in [5.41, 5.74) is 6.09. The van der Waals surface area contributed by atoms with Crippen molar-refractivity contribution in [1.82, 2.24) is 4.90 Å². The van der Waals surface area contributed by atoms with Gasteiger partial charge < -0.3 is 10.6 Å². The lowest BCUT2D eigenvalue weighted by molar-refractivity contribution is -0.118. The van der Waals surface area contributed by atoms with Crippen molar-refractivity contribution < 1.29 is 26.8 Å². The summed E-state index contributed by atoms with van der Waals surface area (Å²) in [5, 5.41) is 0. The molecule has 0 aromatic heterocycles. The number of hydrogen-bond donors (Lipinski definition) is 1. The predicted molar refractivity (Wildman–Crippen MR) is 94.6 cm³/mol. The van der Waals surface area contributed by atoms with E-state index in [0.717, 1.165) is 17.7 Å². The molecule has 0 heterocycles. The number of rotatable bonds is 8. The first kappa shape index (κ1) is 20.5. The van der Waals surface area contributed by atoms with E-state index in [9.17, 15) is 26.8 Å². The van der Waals surface area contributed by atoms with Crippen molar-refractivity contribution in [2.75, 3.05) is 6.54 Å². The molecule has 0 unspecified atom stereocenters. The van der Waals surface area contributed by atoms with E-state index in [1.165, 1.54) is 17.0 Å². The van der Waals surface area contributed by atoms with Crippen LogP contribution in [0.1, 0.15) is 22.3 Å². The number of carbonyl (C=O) groups is 2. The third-order valence-corrected chi connectivity index (χ3v) is 5.19. The molecule has 2 N–H and O–H groups in total. The monoisotopic (exact) mass is 396 g/mol. The molecule has 27 heavy (non-hydrogen) atoms. The fraction of sp³-hybridized carbons (Fsp3) is 0.222. The fourth-order valence-corrected chi connectivity index (χ4v) is 3.10. The maximum absolute atomic E-state index is 12.7. The zero-order valence-electron chi connectivity index (χ0n) is 14.2.